The van der Waals surface area contributed by atoms with Crippen LogP contribution < -0.4 is 5.56 Å². The lowest BCUT2D eigenvalue weighted by molar-refractivity contribution is -0.151. The number of hydrogen-bond donors (Lipinski definition) is 0. The van der Waals surface area contributed by atoms with Crippen molar-refractivity contribution in [1.82, 2.24) is 14.5 Å². The van der Waals surface area contributed by atoms with Crippen molar-refractivity contribution in [3.63, 3.8) is 0 Å². The molecule has 9 heteroatoms. The third-order valence-corrected chi connectivity index (χ3v) is 6.74. The molecule has 178 valence electrons. The van der Waals surface area contributed by atoms with E-state index in [4.69, 9.17) is 9.47 Å². The molecular formula is C24H31N3O5S. The average Bonchev–Trinajstić information content (AvgIpc) is 2.83. The van der Waals surface area contributed by atoms with Crippen molar-refractivity contribution < 1.29 is 19.1 Å². The van der Waals surface area contributed by atoms with Gasteiger partial charge in [-0.05, 0) is 25.3 Å². The Kier molecular flexibility index (Phi) is 9.08. The molecule has 3 rings (SSSR count). The smallest absolute Gasteiger partial charge is 0.309 e. The molecule has 0 bridgehead atoms. The first-order valence-corrected chi connectivity index (χ1v) is 12.1. The minimum absolute atomic E-state index is 0.0294. The maximum absolute atomic E-state index is 13.1. The van der Waals surface area contributed by atoms with E-state index in [1.807, 2.05) is 30.3 Å². The summed E-state index contributed by atoms with van der Waals surface area (Å²) in [6.07, 6.45) is 1.69. The molecule has 0 aliphatic carbocycles. The SMILES string of the molecule is CCOC(=O)C1CCN(C(=O)CSc2nc(COC)c(Cc3ccccc3)c(=O)n2C)CC1. The zero-order chi connectivity index (χ0) is 23.8. The molecule has 0 atom stereocenters. The summed E-state index contributed by atoms with van der Waals surface area (Å²) in [7, 11) is 3.25. The third-order valence-electron chi connectivity index (χ3n) is 5.73. The van der Waals surface area contributed by atoms with Crippen LogP contribution in [0.1, 0.15) is 36.6 Å². The van der Waals surface area contributed by atoms with Crippen LogP contribution in [0.15, 0.2) is 40.3 Å². The Morgan fingerprint density at radius 1 is 1.18 bits per heavy atom. The van der Waals surface area contributed by atoms with Crippen LogP contribution in [-0.4, -0.2) is 58.9 Å². The minimum atomic E-state index is -0.181. The van der Waals surface area contributed by atoms with Crippen LogP contribution in [0.3, 0.4) is 0 Å². The summed E-state index contributed by atoms with van der Waals surface area (Å²) in [5.41, 5.74) is 2.08. The molecule has 1 fully saturated rings. The number of aromatic nitrogens is 2. The van der Waals surface area contributed by atoms with Crippen LogP contribution in [0.4, 0.5) is 0 Å². The molecule has 8 nitrogen and oxygen atoms in total. The van der Waals surface area contributed by atoms with Crippen LogP contribution in [-0.2, 0) is 39.1 Å². The van der Waals surface area contributed by atoms with Crippen molar-refractivity contribution in [1.29, 1.82) is 0 Å². The number of likely N-dealkylation sites (tertiary alicyclic amines) is 1. The predicted octanol–water partition coefficient (Wildman–Crippen LogP) is 2.41. The number of rotatable bonds is 9. The number of thioether (sulfide) groups is 1. The molecule has 2 aromatic rings. The monoisotopic (exact) mass is 473 g/mol. The van der Waals surface area contributed by atoms with Crippen LogP contribution in [0.25, 0.3) is 0 Å². The van der Waals surface area contributed by atoms with Gasteiger partial charge in [-0.1, -0.05) is 42.1 Å². The van der Waals surface area contributed by atoms with Crippen molar-refractivity contribution in [2.45, 2.75) is 37.9 Å². The largest absolute Gasteiger partial charge is 0.466 e. The van der Waals surface area contributed by atoms with Gasteiger partial charge in [0.2, 0.25) is 5.91 Å². The van der Waals surface area contributed by atoms with Gasteiger partial charge in [-0.25, -0.2) is 4.98 Å². The quantitative estimate of drug-likeness (QED) is 0.314. The van der Waals surface area contributed by atoms with Crippen molar-refractivity contribution in [2.24, 2.45) is 13.0 Å². The van der Waals surface area contributed by atoms with E-state index < -0.39 is 0 Å². The fourth-order valence-electron chi connectivity index (χ4n) is 3.88. The number of amides is 1. The summed E-state index contributed by atoms with van der Waals surface area (Å²) >= 11 is 1.25. The van der Waals surface area contributed by atoms with Gasteiger partial charge in [-0.2, -0.15) is 0 Å². The van der Waals surface area contributed by atoms with Crippen LogP contribution in [0.5, 0.6) is 0 Å². The van der Waals surface area contributed by atoms with Crippen LogP contribution in [0, 0.1) is 5.92 Å². The fourth-order valence-corrected chi connectivity index (χ4v) is 4.76. The number of nitrogens with zero attached hydrogens (tertiary/aromatic N) is 3. The van der Waals surface area contributed by atoms with Crippen LogP contribution in [0.2, 0.25) is 0 Å². The summed E-state index contributed by atoms with van der Waals surface area (Å²) in [6.45, 7) is 3.44. The summed E-state index contributed by atoms with van der Waals surface area (Å²) in [5.74, 6) is -0.176. The maximum atomic E-state index is 13.1. The zero-order valence-corrected chi connectivity index (χ0v) is 20.2. The van der Waals surface area contributed by atoms with Gasteiger partial charge in [0.25, 0.3) is 5.56 Å². The zero-order valence-electron chi connectivity index (χ0n) is 19.4. The highest BCUT2D eigenvalue weighted by Crippen LogP contribution is 2.22. The van der Waals surface area contributed by atoms with Gasteiger partial charge in [-0.3, -0.25) is 19.0 Å². The van der Waals surface area contributed by atoms with Crippen LogP contribution >= 0.6 is 11.8 Å². The molecule has 1 aromatic carbocycles. The number of methoxy groups -OCH3 is 1. The highest BCUT2D eigenvalue weighted by atomic mass is 32.2. The summed E-state index contributed by atoms with van der Waals surface area (Å²) in [5, 5.41) is 0.485. The molecule has 0 spiro atoms. The van der Waals surface area contributed by atoms with Gasteiger partial charge < -0.3 is 14.4 Å². The minimum Gasteiger partial charge on any atom is -0.466 e. The lowest BCUT2D eigenvalue weighted by Crippen LogP contribution is -2.41. The Hall–Kier alpha value is -2.65. The lowest BCUT2D eigenvalue weighted by atomic mass is 9.97. The molecule has 0 unspecified atom stereocenters. The first-order chi connectivity index (χ1) is 15.9. The Morgan fingerprint density at radius 3 is 2.52 bits per heavy atom. The van der Waals surface area contributed by atoms with Gasteiger partial charge in [-0.15, -0.1) is 0 Å². The normalized spacial score (nSPS) is 14.3. The van der Waals surface area contributed by atoms with E-state index in [1.54, 1.807) is 26.0 Å². The number of piperidine rings is 1. The van der Waals surface area contributed by atoms with E-state index in [-0.39, 0.29) is 35.7 Å². The molecule has 1 saturated heterocycles. The maximum Gasteiger partial charge on any atom is 0.309 e. The van der Waals surface area contributed by atoms with Crippen molar-refractivity contribution in [3.05, 3.63) is 57.5 Å². The Bertz CT molecular complexity index is 1020. The van der Waals surface area contributed by atoms with E-state index in [1.165, 1.54) is 16.3 Å². The average molecular weight is 474 g/mol. The second-order valence-electron chi connectivity index (χ2n) is 7.97. The Labute approximate surface area is 198 Å². The standard InChI is InChI=1S/C24H31N3O5S/c1-4-32-23(30)18-10-12-27(13-11-18)21(28)16-33-24-25-20(15-31-3)19(22(29)26(24)2)14-17-8-6-5-7-9-17/h5-9,18H,4,10-16H2,1-3H3. The van der Waals surface area contributed by atoms with E-state index in [2.05, 4.69) is 4.98 Å². The number of hydrogen-bond acceptors (Lipinski definition) is 7. The first-order valence-electron chi connectivity index (χ1n) is 11.1. The van der Waals surface area contributed by atoms with Crippen molar-refractivity contribution in [2.75, 3.05) is 32.6 Å². The molecule has 1 aliphatic heterocycles. The molecule has 1 aliphatic rings. The molecule has 0 N–H and O–H groups in total. The van der Waals surface area contributed by atoms with Gasteiger partial charge in [0.15, 0.2) is 5.16 Å². The molecule has 1 aromatic heterocycles. The second-order valence-corrected chi connectivity index (χ2v) is 8.92. The predicted molar refractivity (Wildman–Crippen MR) is 126 cm³/mol. The molecule has 33 heavy (non-hydrogen) atoms. The number of ether oxygens (including phenoxy) is 2. The number of carbonyl (C=O) groups excluding carboxylic acids is 2. The van der Waals surface area contributed by atoms with Crippen molar-refractivity contribution in [3.8, 4) is 0 Å². The molecule has 1 amide bonds. The highest BCUT2D eigenvalue weighted by molar-refractivity contribution is 7.99. The van der Waals surface area contributed by atoms with E-state index in [0.717, 1.165) is 5.56 Å². The van der Waals surface area contributed by atoms with E-state index >= 15 is 0 Å². The number of esters is 1. The first kappa shape index (κ1) is 25.0. The Morgan fingerprint density at radius 2 is 1.88 bits per heavy atom. The van der Waals surface area contributed by atoms with Gasteiger partial charge in [0, 0.05) is 39.2 Å². The topological polar surface area (TPSA) is 90.7 Å². The van der Waals surface area contributed by atoms with Gasteiger partial charge >= 0.3 is 5.97 Å². The Balaban J connectivity index is 1.67. The number of carbonyl (C=O) groups is 2. The highest BCUT2D eigenvalue weighted by Gasteiger charge is 2.28. The van der Waals surface area contributed by atoms with E-state index in [0.29, 0.717) is 55.4 Å². The second kappa shape index (κ2) is 12.0. The summed E-state index contributed by atoms with van der Waals surface area (Å²) in [6, 6.07) is 9.76. The summed E-state index contributed by atoms with van der Waals surface area (Å²) < 4.78 is 11.9. The summed E-state index contributed by atoms with van der Waals surface area (Å²) in [4.78, 5) is 44.2. The molecule has 0 radical (unpaired) electrons. The molecular weight excluding hydrogens is 442 g/mol. The molecule has 2 heterocycles. The number of benzene rings is 1. The van der Waals surface area contributed by atoms with Gasteiger partial charge in [0.1, 0.15) is 0 Å². The third kappa shape index (κ3) is 6.45. The van der Waals surface area contributed by atoms with E-state index in [9.17, 15) is 14.4 Å². The molecule has 0 saturated carbocycles. The fraction of sp³-hybridized carbons (Fsp3) is 0.500. The lowest BCUT2D eigenvalue weighted by Gasteiger charge is -2.30. The van der Waals surface area contributed by atoms with Crippen molar-refractivity contribution >= 4 is 23.6 Å². The van der Waals surface area contributed by atoms with Gasteiger partial charge in [0.05, 0.1) is 30.6 Å².